The largest absolute Gasteiger partial charge is 0.480 e. The summed E-state index contributed by atoms with van der Waals surface area (Å²) in [6, 6.07) is 10.0. The molecule has 0 aliphatic carbocycles. The van der Waals surface area contributed by atoms with E-state index >= 15 is 0 Å². The molecule has 3 heterocycles. The van der Waals surface area contributed by atoms with Crippen molar-refractivity contribution < 1.29 is 18.3 Å². The highest BCUT2D eigenvalue weighted by Crippen LogP contribution is 2.31. The molecule has 2 atom stereocenters. The number of carbonyl (C=O) groups is 1. The lowest BCUT2D eigenvalue weighted by Gasteiger charge is -2.43. The number of rotatable bonds is 4. The number of aliphatic carboxylic acids is 1. The van der Waals surface area contributed by atoms with E-state index in [4.69, 9.17) is 5.11 Å². The van der Waals surface area contributed by atoms with Crippen molar-refractivity contribution >= 4 is 37.2 Å². The van der Waals surface area contributed by atoms with Gasteiger partial charge >= 0.3 is 5.97 Å². The van der Waals surface area contributed by atoms with E-state index in [2.05, 4.69) is 23.1 Å². The first-order valence-electron chi connectivity index (χ1n) is 8.29. The van der Waals surface area contributed by atoms with Crippen molar-refractivity contribution in [2.45, 2.75) is 18.6 Å². The van der Waals surface area contributed by atoms with Gasteiger partial charge in [0, 0.05) is 41.3 Å². The summed E-state index contributed by atoms with van der Waals surface area (Å²) in [6.45, 7) is 1.91. The zero-order chi connectivity index (χ0) is 17.6. The summed E-state index contributed by atoms with van der Waals surface area (Å²) in [5.41, 5.74) is 0. The summed E-state index contributed by atoms with van der Waals surface area (Å²) >= 11 is 1.74. The lowest BCUT2D eigenvalue weighted by Crippen LogP contribution is -2.59. The maximum absolute atomic E-state index is 12.2. The van der Waals surface area contributed by atoms with E-state index in [-0.39, 0.29) is 30.1 Å². The normalized spacial score (nSPS) is 26.7. The van der Waals surface area contributed by atoms with Crippen LogP contribution in [0.25, 0.3) is 10.1 Å². The Morgan fingerprint density at radius 3 is 2.56 bits per heavy atom. The summed E-state index contributed by atoms with van der Waals surface area (Å²) < 4.78 is 25.6. The Hall–Kier alpha value is -1.48. The highest BCUT2D eigenvalue weighted by Gasteiger charge is 2.46. The van der Waals surface area contributed by atoms with Crippen molar-refractivity contribution in [2.75, 3.05) is 31.1 Å². The number of hydrogen-bond acceptors (Lipinski definition) is 6. The number of nitrogens with zero attached hydrogens (tertiary/aromatic N) is 2. The molecule has 0 radical (unpaired) electrons. The lowest BCUT2D eigenvalue weighted by molar-refractivity contribution is -0.139. The van der Waals surface area contributed by atoms with E-state index in [1.807, 2.05) is 17.0 Å². The third-order valence-corrected chi connectivity index (χ3v) is 7.88. The Morgan fingerprint density at radius 2 is 1.84 bits per heavy atom. The third-order valence-electron chi connectivity index (χ3n) is 5.08. The number of fused-ring (bicyclic) bond motifs is 2. The molecule has 6 nitrogen and oxygen atoms in total. The van der Waals surface area contributed by atoms with Gasteiger partial charge in [-0.2, -0.15) is 0 Å². The fourth-order valence-corrected chi connectivity index (χ4v) is 7.11. The van der Waals surface area contributed by atoms with E-state index in [9.17, 15) is 13.2 Å². The third kappa shape index (κ3) is 3.44. The van der Waals surface area contributed by atoms with Crippen molar-refractivity contribution in [2.24, 2.45) is 0 Å². The number of sulfone groups is 1. The van der Waals surface area contributed by atoms with Crippen LogP contribution < -0.4 is 0 Å². The summed E-state index contributed by atoms with van der Waals surface area (Å²) in [5.74, 6) is -0.715. The summed E-state index contributed by atoms with van der Waals surface area (Å²) in [5, 5.41) is 10.3. The molecule has 1 N–H and O–H groups in total. The molecule has 134 valence electrons. The summed E-state index contributed by atoms with van der Waals surface area (Å²) in [4.78, 5) is 16.3. The maximum atomic E-state index is 12.2. The minimum atomic E-state index is -3.12. The average Bonchev–Trinajstić information content (AvgIpc) is 3.08. The van der Waals surface area contributed by atoms with Crippen LogP contribution in [0.4, 0.5) is 0 Å². The zero-order valence-corrected chi connectivity index (χ0v) is 15.3. The van der Waals surface area contributed by atoms with E-state index < -0.39 is 15.8 Å². The molecular weight excluding hydrogens is 360 g/mol. The quantitative estimate of drug-likeness (QED) is 0.861. The molecule has 25 heavy (non-hydrogen) atoms. The van der Waals surface area contributed by atoms with E-state index in [1.54, 1.807) is 11.3 Å². The van der Waals surface area contributed by atoms with Gasteiger partial charge in [-0.1, -0.05) is 18.2 Å². The Morgan fingerprint density at radius 1 is 1.16 bits per heavy atom. The predicted molar refractivity (Wildman–Crippen MR) is 97.7 cm³/mol. The Kier molecular flexibility index (Phi) is 4.31. The van der Waals surface area contributed by atoms with Gasteiger partial charge in [-0.25, -0.2) is 8.42 Å². The predicted octanol–water partition coefficient (Wildman–Crippen LogP) is 1.27. The minimum Gasteiger partial charge on any atom is -0.480 e. The second-order valence-electron chi connectivity index (χ2n) is 6.80. The molecule has 0 unspecified atom stereocenters. The highest BCUT2D eigenvalue weighted by molar-refractivity contribution is 7.91. The van der Waals surface area contributed by atoms with E-state index in [0.717, 1.165) is 6.54 Å². The molecule has 0 bridgehead atoms. The molecule has 1 aromatic heterocycles. The van der Waals surface area contributed by atoms with E-state index in [0.29, 0.717) is 13.1 Å². The van der Waals surface area contributed by atoms with Crippen LogP contribution in [0.2, 0.25) is 0 Å². The van der Waals surface area contributed by atoms with Gasteiger partial charge in [0.2, 0.25) is 0 Å². The average molecular weight is 380 g/mol. The Balaban J connectivity index is 1.57. The summed E-state index contributed by atoms with van der Waals surface area (Å²) in [7, 11) is -3.12. The smallest absolute Gasteiger partial charge is 0.317 e. The minimum absolute atomic E-state index is 0.0634. The number of thiophene rings is 1. The molecule has 8 heteroatoms. The van der Waals surface area contributed by atoms with Crippen LogP contribution in [0, 0.1) is 0 Å². The second kappa shape index (κ2) is 6.35. The van der Waals surface area contributed by atoms with Crippen LogP contribution in [0.15, 0.2) is 30.3 Å². The monoisotopic (exact) mass is 380 g/mol. The first-order valence-corrected chi connectivity index (χ1v) is 10.9. The van der Waals surface area contributed by atoms with Crippen LogP contribution in [-0.2, 0) is 21.2 Å². The number of carboxylic acids is 1. The van der Waals surface area contributed by atoms with Gasteiger partial charge in [-0.05, 0) is 17.5 Å². The molecule has 0 saturated carbocycles. The SMILES string of the molecule is O=C(O)CN1CCN(Cc2cc3ccccc3s2)[C@H]2CS(=O)(=O)C[C@H]21. The molecule has 0 spiro atoms. The first kappa shape index (κ1) is 17.0. The van der Waals surface area contributed by atoms with Gasteiger partial charge in [0.25, 0.3) is 0 Å². The van der Waals surface area contributed by atoms with E-state index in [1.165, 1.54) is 15.0 Å². The first-order chi connectivity index (χ1) is 11.9. The van der Waals surface area contributed by atoms with Gasteiger partial charge < -0.3 is 5.11 Å². The van der Waals surface area contributed by atoms with Crippen molar-refractivity contribution in [3.8, 4) is 0 Å². The Labute approximate surface area is 150 Å². The van der Waals surface area contributed by atoms with Gasteiger partial charge in [0.1, 0.15) is 0 Å². The standard InChI is InChI=1S/C17H20N2O4S2/c20-17(21)9-19-6-5-18(14-10-25(22,23)11-15(14)19)8-13-7-12-3-1-2-4-16(12)24-13/h1-4,7,14-15H,5-6,8-11H2,(H,20,21)/t14-,15+/m0/s1. The fourth-order valence-electron chi connectivity index (χ4n) is 3.98. The van der Waals surface area contributed by atoms with Crippen molar-refractivity contribution in [3.63, 3.8) is 0 Å². The van der Waals surface area contributed by atoms with Crippen LogP contribution in [0.1, 0.15) is 4.88 Å². The highest BCUT2D eigenvalue weighted by atomic mass is 32.2. The second-order valence-corrected chi connectivity index (χ2v) is 10.1. The molecule has 2 aliphatic rings. The maximum Gasteiger partial charge on any atom is 0.317 e. The van der Waals surface area contributed by atoms with Crippen molar-refractivity contribution in [3.05, 3.63) is 35.2 Å². The lowest BCUT2D eigenvalue weighted by atomic mass is 10.0. The molecule has 0 amide bonds. The Bertz CT molecular complexity index is 875. The van der Waals surface area contributed by atoms with Gasteiger partial charge in [0.15, 0.2) is 9.84 Å². The molecule has 2 fully saturated rings. The van der Waals surface area contributed by atoms with Gasteiger partial charge in [0.05, 0.1) is 18.1 Å². The number of hydrogen-bond donors (Lipinski definition) is 1. The molecule has 4 rings (SSSR count). The van der Waals surface area contributed by atoms with Crippen molar-refractivity contribution in [1.29, 1.82) is 0 Å². The zero-order valence-electron chi connectivity index (χ0n) is 13.7. The van der Waals surface area contributed by atoms with Crippen LogP contribution in [0.5, 0.6) is 0 Å². The van der Waals surface area contributed by atoms with Gasteiger partial charge in [-0.15, -0.1) is 11.3 Å². The fraction of sp³-hybridized carbons (Fsp3) is 0.471. The summed E-state index contributed by atoms with van der Waals surface area (Å²) in [6.07, 6.45) is 0. The topological polar surface area (TPSA) is 77.9 Å². The number of carboxylic acid groups (broad SMARTS) is 1. The molecule has 1 aromatic carbocycles. The van der Waals surface area contributed by atoms with Crippen LogP contribution in [0.3, 0.4) is 0 Å². The van der Waals surface area contributed by atoms with Gasteiger partial charge in [-0.3, -0.25) is 14.6 Å². The van der Waals surface area contributed by atoms with Crippen LogP contribution >= 0.6 is 11.3 Å². The van der Waals surface area contributed by atoms with Crippen LogP contribution in [-0.4, -0.2) is 72.5 Å². The number of benzene rings is 1. The molecule has 2 saturated heterocycles. The van der Waals surface area contributed by atoms with Crippen molar-refractivity contribution in [1.82, 2.24) is 9.80 Å². The number of piperazine rings is 1. The molecule has 2 aliphatic heterocycles. The molecular formula is C17H20N2O4S2. The molecule has 2 aromatic rings.